The topological polar surface area (TPSA) is 93.6 Å². The van der Waals surface area contributed by atoms with E-state index in [0.717, 1.165) is 15.6 Å². The number of ketones is 1. The van der Waals surface area contributed by atoms with Crippen LogP contribution in [0.4, 0.5) is 5.69 Å². The lowest BCUT2D eigenvalue weighted by Gasteiger charge is -2.29. The summed E-state index contributed by atoms with van der Waals surface area (Å²) in [4.78, 5) is 60.0. The van der Waals surface area contributed by atoms with Crippen LogP contribution in [-0.4, -0.2) is 44.3 Å². The summed E-state index contributed by atoms with van der Waals surface area (Å²) in [6.45, 7) is 5.53. The first-order valence-corrected chi connectivity index (χ1v) is 17.8. The highest BCUT2D eigenvalue weighted by Crippen LogP contribution is 2.44. The number of ether oxygens (including phenoxy) is 1. The molecular formula is C36H31Br3N2O5. The van der Waals surface area contributed by atoms with Gasteiger partial charge in [0.05, 0.1) is 34.3 Å². The highest BCUT2D eigenvalue weighted by molar-refractivity contribution is 9.12. The van der Waals surface area contributed by atoms with Crippen LogP contribution in [-0.2, 0) is 20.7 Å². The van der Waals surface area contributed by atoms with Gasteiger partial charge in [0.25, 0.3) is 0 Å². The van der Waals surface area contributed by atoms with Gasteiger partial charge in [-0.1, -0.05) is 96.7 Å². The number of benzene rings is 3. The van der Waals surface area contributed by atoms with Crippen LogP contribution in [0.2, 0.25) is 0 Å². The van der Waals surface area contributed by atoms with Crippen molar-refractivity contribution in [3.05, 3.63) is 93.5 Å². The molecule has 2 heterocycles. The third kappa shape index (κ3) is 6.11. The number of Topliss-reactive ketones (excluding diaryl/α,β-unsaturated/α-hetero) is 1. The first kappa shape index (κ1) is 32.7. The second kappa shape index (κ2) is 13.1. The Morgan fingerprint density at radius 2 is 1.54 bits per heavy atom. The quantitative estimate of drug-likeness (QED) is 0.0807. The Balaban J connectivity index is 1.33. The summed E-state index contributed by atoms with van der Waals surface area (Å²) in [5.74, 6) is -1.95. The predicted octanol–water partition coefficient (Wildman–Crippen LogP) is 8.39. The van der Waals surface area contributed by atoms with Gasteiger partial charge in [0.1, 0.15) is 0 Å². The molecule has 0 N–H and O–H groups in total. The Morgan fingerprint density at radius 3 is 2.13 bits per heavy atom. The van der Waals surface area contributed by atoms with E-state index in [1.54, 1.807) is 49.4 Å². The van der Waals surface area contributed by atoms with E-state index < -0.39 is 12.1 Å². The van der Waals surface area contributed by atoms with Gasteiger partial charge in [0.15, 0.2) is 6.10 Å². The van der Waals surface area contributed by atoms with Crippen LogP contribution in [0, 0.1) is 18.8 Å². The van der Waals surface area contributed by atoms with Gasteiger partial charge in [-0.05, 0) is 69.0 Å². The number of amides is 2. The summed E-state index contributed by atoms with van der Waals surface area (Å²) >= 11 is 10.8. The smallest absolute Gasteiger partial charge is 0.339 e. The molecule has 10 heteroatoms. The number of rotatable bonds is 7. The molecule has 1 saturated carbocycles. The number of anilines is 1. The van der Waals surface area contributed by atoms with Crippen molar-refractivity contribution in [3.8, 4) is 11.3 Å². The molecule has 236 valence electrons. The Kier molecular flexibility index (Phi) is 9.33. The molecule has 3 aromatic carbocycles. The fourth-order valence-electron chi connectivity index (χ4n) is 6.31. The highest BCUT2D eigenvalue weighted by Gasteiger charge is 2.52. The number of esters is 1. The third-order valence-corrected chi connectivity index (χ3v) is 12.1. The van der Waals surface area contributed by atoms with Crippen LogP contribution in [0.5, 0.6) is 0 Å². The van der Waals surface area contributed by atoms with Crippen LogP contribution in [0.15, 0.2) is 71.2 Å². The minimum Gasteiger partial charge on any atom is -0.451 e. The van der Waals surface area contributed by atoms with Crippen molar-refractivity contribution in [1.82, 2.24) is 4.98 Å². The fraction of sp³-hybridized carbons (Fsp3) is 0.306. The van der Waals surface area contributed by atoms with Crippen molar-refractivity contribution in [3.63, 3.8) is 0 Å². The molecule has 1 aromatic heterocycles. The van der Waals surface area contributed by atoms with E-state index in [4.69, 9.17) is 9.72 Å². The Morgan fingerprint density at radius 1 is 0.935 bits per heavy atom. The number of pyridine rings is 1. The molecule has 2 amide bonds. The van der Waals surface area contributed by atoms with Gasteiger partial charge in [-0.25, -0.2) is 9.78 Å². The van der Waals surface area contributed by atoms with Crippen LogP contribution >= 0.6 is 47.8 Å². The van der Waals surface area contributed by atoms with E-state index in [-0.39, 0.29) is 44.7 Å². The minimum atomic E-state index is -1.00. The number of halogens is 3. The molecule has 1 aliphatic heterocycles. The van der Waals surface area contributed by atoms with Crippen molar-refractivity contribution in [2.75, 3.05) is 4.90 Å². The zero-order chi connectivity index (χ0) is 32.9. The van der Waals surface area contributed by atoms with E-state index >= 15 is 0 Å². The van der Waals surface area contributed by atoms with Gasteiger partial charge in [-0.15, -0.1) is 0 Å². The predicted molar refractivity (Wildman–Crippen MR) is 189 cm³/mol. The largest absolute Gasteiger partial charge is 0.451 e. The first-order chi connectivity index (χ1) is 22.0. The molecule has 46 heavy (non-hydrogen) atoms. The Bertz CT molecular complexity index is 1850. The summed E-state index contributed by atoms with van der Waals surface area (Å²) in [6, 6.07) is 19.7. The maximum absolute atomic E-state index is 13.7. The molecule has 5 atom stereocenters. The SMILES string of the molecule is CCc1cc(Br)cc2c(C(=O)OC(C)C(=O)c3ccc(C)cc3)cc(-c3ccc(N4C(=O)C5CC(Br)C(Br)CC5C4=O)cc3)nc12. The average Bonchev–Trinajstić information content (AvgIpc) is 3.28. The van der Waals surface area contributed by atoms with Gasteiger partial charge in [-0.3, -0.25) is 19.3 Å². The van der Waals surface area contributed by atoms with E-state index in [1.165, 1.54) is 4.90 Å². The maximum atomic E-state index is 13.7. The van der Waals surface area contributed by atoms with Crippen molar-refractivity contribution >= 4 is 87.9 Å². The fourth-order valence-corrected chi connectivity index (χ4v) is 8.05. The molecule has 4 aromatic rings. The van der Waals surface area contributed by atoms with E-state index in [2.05, 4.69) is 47.8 Å². The van der Waals surface area contributed by atoms with Gasteiger partial charge in [0, 0.05) is 30.6 Å². The molecule has 6 rings (SSSR count). The van der Waals surface area contributed by atoms with Crippen LogP contribution in [0.25, 0.3) is 22.2 Å². The van der Waals surface area contributed by atoms with Crippen LogP contribution in [0.3, 0.4) is 0 Å². The lowest BCUT2D eigenvalue weighted by atomic mass is 9.81. The zero-order valence-electron chi connectivity index (χ0n) is 25.4. The zero-order valence-corrected chi connectivity index (χ0v) is 30.2. The monoisotopic (exact) mass is 808 g/mol. The van der Waals surface area contributed by atoms with Crippen molar-refractivity contribution in [2.24, 2.45) is 11.8 Å². The van der Waals surface area contributed by atoms with Crippen molar-refractivity contribution in [2.45, 2.75) is 55.8 Å². The maximum Gasteiger partial charge on any atom is 0.339 e. The molecule has 0 radical (unpaired) electrons. The van der Waals surface area contributed by atoms with Gasteiger partial charge < -0.3 is 4.74 Å². The second-order valence-corrected chi connectivity index (χ2v) is 15.2. The van der Waals surface area contributed by atoms with E-state index in [0.29, 0.717) is 52.7 Å². The summed E-state index contributed by atoms with van der Waals surface area (Å²) < 4.78 is 6.54. The molecule has 0 spiro atoms. The number of hydrogen-bond donors (Lipinski definition) is 0. The average molecular weight is 811 g/mol. The lowest BCUT2D eigenvalue weighted by Crippen LogP contribution is -2.34. The number of aromatic nitrogens is 1. The molecule has 2 aliphatic rings. The minimum absolute atomic E-state index is 0.130. The number of hydrogen-bond acceptors (Lipinski definition) is 6. The molecule has 2 fully saturated rings. The molecule has 5 unspecified atom stereocenters. The highest BCUT2D eigenvalue weighted by atomic mass is 79.9. The molecule has 1 saturated heterocycles. The summed E-state index contributed by atoms with van der Waals surface area (Å²) in [7, 11) is 0. The van der Waals surface area contributed by atoms with Gasteiger partial charge in [-0.2, -0.15) is 0 Å². The normalized spacial score (nSPS) is 21.7. The van der Waals surface area contributed by atoms with Gasteiger partial charge in [0.2, 0.25) is 17.6 Å². The molecule has 1 aliphatic carbocycles. The first-order valence-electron chi connectivity index (χ1n) is 15.2. The van der Waals surface area contributed by atoms with E-state index in [1.807, 2.05) is 38.1 Å². The summed E-state index contributed by atoms with van der Waals surface area (Å²) in [5, 5.41) is 0.609. The number of alkyl halides is 2. The molecule has 7 nitrogen and oxygen atoms in total. The number of nitrogens with zero attached hydrogens (tertiary/aromatic N) is 2. The summed E-state index contributed by atoms with van der Waals surface area (Å²) in [5.41, 5.74) is 5.10. The van der Waals surface area contributed by atoms with Crippen molar-refractivity contribution < 1.29 is 23.9 Å². The van der Waals surface area contributed by atoms with Crippen LogP contribution < -0.4 is 4.90 Å². The second-order valence-electron chi connectivity index (χ2n) is 11.9. The molecular weight excluding hydrogens is 780 g/mol. The number of aryl methyl sites for hydroxylation is 2. The van der Waals surface area contributed by atoms with Gasteiger partial charge >= 0.3 is 5.97 Å². The lowest BCUT2D eigenvalue weighted by molar-refractivity contribution is -0.122. The molecule has 0 bridgehead atoms. The Hall–Kier alpha value is -3.21. The Labute approximate surface area is 292 Å². The number of imide groups is 1. The standard InChI is InChI=1S/C36H31Br3N2O5/c1-4-20-13-23(37)14-25-28(36(45)46-19(3)33(42)22-7-5-18(2)6-8-22)17-31(40-32(20)25)21-9-11-24(12-10-21)41-34(43)26-15-29(38)30(39)16-27(26)35(41)44/h5-14,17,19,26-27,29-30H,4,15-16H2,1-3H3. The van der Waals surface area contributed by atoms with Crippen molar-refractivity contribution in [1.29, 1.82) is 0 Å². The number of carbonyl (C=O) groups excluding carboxylic acids is 4. The number of fused-ring (bicyclic) bond motifs is 2. The third-order valence-electron chi connectivity index (χ3n) is 8.88. The van der Waals surface area contributed by atoms with E-state index in [9.17, 15) is 19.2 Å². The summed E-state index contributed by atoms with van der Waals surface area (Å²) in [6.07, 6.45) is 0.877. The van der Waals surface area contributed by atoms with Crippen LogP contribution in [0.1, 0.15) is 58.5 Å². The number of carbonyl (C=O) groups is 4.